The highest BCUT2D eigenvalue weighted by Gasteiger charge is 2.46. The van der Waals surface area contributed by atoms with Crippen molar-refractivity contribution < 1.29 is 4.79 Å². The maximum atomic E-state index is 12.7. The Balaban J connectivity index is 1.61. The second-order valence-corrected chi connectivity index (χ2v) is 8.51. The highest BCUT2D eigenvalue weighted by atomic mass is 35.5. The summed E-state index contributed by atoms with van der Waals surface area (Å²) in [5.74, 6) is 1.61. The average molecular weight is 394 g/mol. The third-order valence-electron chi connectivity index (χ3n) is 6.29. The minimum Gasteiger partial charge on any atom is -0.364 e. The summed E-state index contributed by atoms with van der Waals surface area (Å²) in [7, 11) is 0. The van der Waals surface area contributed by atoms with E-state index in [0.29, 0.717) is 17.1 Å². The Hall–Kier alpha value is -2.66. The van der Waals surface area contributed by atoms with Crippen molar-refractivity contribution in [2.75, 3.05) is 0 Å². The van der Waals surface area contributed by atoms with Crippen LogP contribution in [0.2, 0.25) is 5.02 Å². The molecule has 3 aromatic rings. The Morgan fingerprint density at radius 3 is 2.68 bits per heavy atom. The molecule has 1 aromatic carbocycles. The number of benzene rings is 1. The van der Waals surface area contributed by atoms with Gasteiger partial charge in [0.25, 0.3) is 5.91 Å². The molecule has 0 bridgehead atoms. The lowest BCUT2D eigenvalue weighted by atomic mass is 9.90. The van der Waals surface area contributed by atoms with Gasteiger partial charge in [0.1, 0.15) is 5.69 Å². The van der Waals surface area contributed by atoms with E-state index in [4.69, 9.17) is 17.3 Å². The van der Waals surface area contributed by atoms with Gasteiger partial charge < -0.3 is 10.7 Å². The summed E-state index contributed by atoms with van der Waals surface area (Å²) in [5.41, 5.74) is 9.42. The molecular weight excluding hydrogens is 374 g/mol. The van der Waals surface area contributed by atoms with Crippen molar-refractivity contribution in [2.45, 2.75) is 32.1 Å². The fraction of sp³-hybridized carbons (Fsp3) is 0.318. The summed E-state index contributed by atoms with van der Waals surface area (Å²) >= 11 is 6.66. The Labute approximate surface area is 166 Å². The van der Waals surface area contributed by atoms with Crippen LogP contribution in [0.25, 0.3) is 22.2 Å². The van der Waals surface area contributed by atoms with Crippen LogP contribution < -0.4 is 11.2 Å². The number of nitrogens with zero attached hydrogens (tertiary/aromatic N) is 1. The second kappa shape index (κ2) is 6.17. The number of rotatable bonds is 3. The molecule has 6 heteroatoms. The molecule has 0 spiro atoms. The molecule has 0 radical (unpaired) electrons. The number of pyridine rings is 2. The first-order chi connectivity index (χ1) is 13.4. The monoisotopic (exact) mass is 393 g/mol. The Morgan fingerprint density at radius 2 is 1.96 bits per heavy atom. The molecule has 2 aliphatic rings. The number of hydrogen-bond acceptors (Lipinski definition) is 3. The van der Waals surface area contributed by atoms with Crippen molar-refractivity contribution >= 4 is 28.4 Å². The molecule has 142 valence electrons. The van der Waals surface area contributed by atoms with Gasteiger partial charge in [-0.15, -0.1) is 0 Å². The van der Waals surface area contributed by atoms with Gasteiger partial charge in [-0.1, -0.05) is 17.7 Å². The van der Waals surface area contributed by atoms with Gasteiger partial charge in [0.2, 0.25) is 0 Å². The molecule has 2 saturated carbocycles. The van der Waals surface area contributed by atoms with Crippen molar-refractivity contribution in [3.63, 3.8) is 0 Å². The van der Waals surface area contributed by atoms with E-state index in [1.165, 1.54) is 37.1 Å². The largest absolute Gasteiger partial charge is 0.364 e. The van der Waals surface area contributed by atoms with Gasteiger partial charge >= 0.3 is 0 Å². The molecule has 2 aromatic heterocycles. The molecule has 0 saturated heterocycles. The fourth-order valence-corrected chi connectivity index (χ4v) is 5.13. The molecular formula is C22H20ClN3O2. The smallest absolute Gasteiger partial charge is 0.268 e. The lowest BCUT2D eigenvalue weighted by Gasteiger charge is -2.17. The van der Waals surface area contributed by atoms with Crippen LogP contribution in [0.15, 0.2) is 35.3 Å². The summed E-state index contributed by atoms with van der Waals surface area (Å²) < 4.78 is 0. The van der Waals surface area contributed by atoms with Crippen LogP contribution in [0.1, 0.15) is 46.8 Å². The minimum absolute atomic E-state index is 0.0183. The topological polar surface area (TPSA) is 88.8 Å². The molecule has 5 nitrogen and oxygen atoms in total. The number of fused-ring (bicyclic) bond motifs is 2. The number of nitrogens with one attached hydrogen (secondary N) is 1. The molecule has 0 unspecified atom stereocenters. The SMILES string of the molecule is Cc1cc([C@H]2C[C@@H]3C[C@@H]3C2)c(Cl)cc1-c1cc(=O)c2c(C(N)=O)nccc2[nH]1. The Morgan fingerprint density at radius 1 is 1.21 bits per heavy atom. The zero-order valence-corrected chi connectivity index (χ0v) is 16.2. The number of carbonyl (C=O) groups is 1. The van der Waals surface area contributed by atoms with Gasteiger partial charge in [-0.2, -0.15) is 0 Å². The number of aryl methyl sites for hydroxylation is 1. The highest BCUT2D eigenvalue weighted by Crippen LogP contribution is 2.58. The van der Waals surface area contributed by atoms with Gasteiger partial charge in [-0.3, -0.25) is 14.6 Å². The van der Waals surface area contributed by atoms with Gasteiger partial charge in [0.05, 0.1) is 16.6 Å². The van der Waals surface area contributed by atoms with Gasteiger partial charge in [0.15, 0.2) is 5.43 Å². The van der Waals surface area contributed by atoms with Crippen LogP contribution >= 0.6 is 11.6 Å². The maximum Gasteiger partial charge on any atom is 0.268 e. The van der Waals surface area contributed by atoms with E-state index < -0.39 is 5.91 Å². The zero-order valence-electron chi connectivity index (χ0n) is 15.5. The molecule has 28 heavy (non-hydrogen) atoms. The maximum absolute atomic E-state index is 12.7. The number of aromatic nitrogens is 2. The van der Waals surface area contributed by atoms with Crippen LogP contribution in [0.3, 0.4) is 0 Å². The summed E-state index contributed by atoms with van der Waals surface area (Å²) in [5, 5.41) is 0.963. The van der Waals surface area contributed by atoms with Gasteiger partial charge in [-0.25, -0.2) is 0 Å². The first kappa shape index (κ1) is 17.4. The van der Waals surface area contributed by atoms with E-state index in [1.54, 1.807) is 6.07 Å². The Bertz CT molecular complexity index is 1190. The van der Waals surface area contributed by atoms with Crippen molar-refractivity contribution in [1.29, 1.82) is 0 Å². The first-order valence-corrected chi connectivity index (χ1v) is 9.92. The van der Waals surface area contributed by atoms with Gasteiger partial charge in [0, 0.05) is 22.8 Å². The predicted octanol–water partition coefficient (Wildman–Crippen LogP) is 4.16. The van der Waals surface area contributed by atoms with E-state index in [1.807, 2.05) is 13.0 Å². The predicted molar refractivity (Wildman–Crippen MR) is 110 cm³/mol. The summed E-state index contributed by atoms with van der Waals surface area (Å²) in [4.78, 5) is 31.5. The van der Waals surface area contributed by atoms with Crippen molar-refractivity contribution in [3.05, 3.63) is 62.5 Å². The number of primary amides is 1. The summed E-state index contributed by atoms with van der Waals surface area (Å²) in [6.45, 7) is 2.04. The first-order valence-electron chi connectivity index (χ1n) is 9.54. The standard InChI is InChI=1S/C22H20ClN3O2/c1-10-4-15(13-6-11-5-12(11)7-13)16(23)8-14(10)18-9-19(27)20-17(26-18)2-3-25-21(20)22(24)28/h2-4,8-9,11-13H,5-7H2,1H3,(H2,24,28)(H,26,27)/t11-,12+,13-. The van der Waals surface area contributed by atoms with Crippen LogP contribution in [0, 0.1) is 18.8 Å². The molecule has 1 amide bonds. The van der Waals surface area contributed by atoms with E-state index in [9.17, 15) is 9.59 Å². The lowest BCUT2D eigenvalue weighted by molar-refractivity contribution is 0.0997. The van der Waals surface area contributed by atoms with Crippen molar-refractivity contribution in [3.8, 4) is 11.3 Å². The molecule has 3 atom stereocenters. The van der Waals surface area contributed by atoms with E-state index in [2.05, 4.69) is 16.0 Å². The molecule has 0 aliphatic heterocycles. The molecule has 2 aliphatic carbocycles. The summed E-state index contributed by atoms with van der Waals surface area (Å²) in [6.07, 6.45) is 5.32. The normalized spacial score (nSPS) is 23.0. The zero-order chi connectivity index (χ0) is 19.6. The second-order valence-electron chi connectivity index (χ2n) is 8.11. The van der Waals surface area contributed by atoms with Crippen LogP contribution in [-0.4, -0.2) is 15.9 Å². The lowest BCUT2D eigenvalue weighted by Crippen LogP contribution is -2.17. The quantitative estimate of drug-likeness (QED) is 0.700. The molecule has 2 heterocycles. The minimum atomic E-state index is -0.720. The number of H-pyrrole nitrogens is 1. The number of amides is 1. The van der Waals surface area contributed by atoms with Crippen LogP contribution in [0.4, 0.5) is 0 Å². The van der Waals surface area contributed by atoms with E-state index in [0.717, 1.165) is 28.0 Å². The molecule has 5 rings (SSSR count). The fourth-order valence-electron chi connectivity index (χ4n) is 4.81. The third kappa shape index (κ3) is 2.73. The Kier molecular flexibility index (Phi) is 3.85. The highest BCUT2D eigenvalue weighted by molar-refractivity contribution is 6.31. The average Bonchev–Trinajstić information content (AvgIpc) is 3.27. The van der Waals surface area contributed by atoms with Crippen LogP contribution in [0.5, 0.6) is 0 Å². The van der Waals surface area contributed by atoms with Crippen molar-refractivity contribution in [2.24, 2.45) is 17.6 Å². The number of nitrogens with two attached hydrogens (primary N) is 1. The van der Waals surface area contributed by atoms with E-state index >= 15 is 0 Å². The number of hydrogen-bond donors (Lipinski definition) is 2. The van der Waals surface area contributed by atoms with E-state index in [-0.39, 0.29) is 16.5 Å². The van der Waals surface area contributed by atoms with Crippen molar-refractivity contribution in [1.82, 2.24) is 9.97 Å². The number of halogens is 1. The number of aromatic amines is 1. The molecule has 3 N–H and O–H groups in total. The summed E-state index contributed by atoms with van der Waals surface area (Å²) in [6, 6.07) is 7.27. The molecule has 2 fully saturated rings. The number of carbonyl (C=O) groups excluding carboxylic acids is 1. The van der Waals surface area contributed by atoms with Gasteiger partial charge in [-0.05, 0) is 67.2 Å². The van der Waals surface area contributed by atoms with Crippen LogP contribution in [-0.2, 0) is 0 Å². The third-order valence-corrected chi connectivity index (χ3v) is 6.62.